The van der Waals surface area contributed by atoms with Gasteiger partial charge >= 0.3 is 5.97 Å². The zero-order valence-electron chi connectivity index (χ0n) is 11.2. The fraction of sp³-hybridized carbons (Fsp3) is 0.833. The number of amides is 1. The van der Waals surface area contributed by atoms with Crippen LogP contribution in [-0.4, -0.2) is 54.4 Å². The van der Waals surface area contributed by atoms with E-state index < -0.39 is 15.8 Å². The highest BCUT2D eigenvalue weighted by molar-refractivity contribution is 7.91. The number of unbranched alkanes of at least 4 members (excludes halogenated alkanes) is 1. The number of carboxylic acid groups (broad SMARTS) is 1. The molecule has 19 heavy (non-hydrogen) atoms. The molecule has 0 saturated carbocycles. The highest BCUT2D eigenvalue weighted by Gasteiger charge is 2.33. The Labute approximate surface area is 113 Å². The van der Waals surface area contributed by atoms with Gasteiger partial charge in [0.2, 0.25) is 5.91 Å². The third-order valence-electron chi connectivity index (χ3n) is 3.34. The summed E-state index contributed by atoms with van der Waals surface area (Å²) in [5.41, 5.74) is 0. The van der Waals surface area contributed by atoms with Gasteiger partial charge in [-0.3, -0.25) is 9.59 Å². The minimum Gasteiger partial charge on any atom is -0.481 e. The second-order valence-electron chi connectivity index (χ2n) is 4.84. The molecule has 0 aromatic rings. The van der Waals surface area contributed by atoms with Gasteiger partial charge in [0.05, 0.1) is 11.5 Å². The normalized spacial score (nSPS) is 21.2. The van der Waals surface area contributed by atoms with Crippen LogP contribution < -0.4 is 0 Å². The van der Waals surface area contributed by atoms with Crippen LogP contribution in [0.1, 0.15) is 39.0 Å². The Balaban J connectivity index is 2.42. The van der Waals surface area contributed by atoms with Crippen molar-refractivity contribution in [3.05, 3.63) is 0 Å². The highest BCUT2D eigenvalue weighted by atomic mass is 32.2. The number of rotatable bonds is 7. The number of nitrogens with zero attached hydrogens (tertiary/aromatic N) is 1. The number of hydrogen-bond donors (Lipinski definition) is 1. The van der Waals surface area contributed by atoms with Crippen molar-refractivity contribution in [1.82, 2.24) is 4.90 Å². The van der Waals surface area contributed by atoms with Crippen LogP contribution in [0.15, 0.2) is 0 Å². The number of carbonyl (C=O) groups excluding carboxylic acids is 1. The second-order valence-corrected chi connectivity index (χ2v) is 7.07. The van der Waals surface area contributed by atoms with Gasteiger partial charge in [-0.1, -0.05) is 0 Å². The molecule has 0 radical (unpaired) electrons. The Hall–Kier alpha value is -1.11. The molecule has 0 aromatic heterocycles. The van der Waals surface area contributed by atoms with E-state index in [4.69, 9.17) is 5.11 Å². The van der Waals surface area contributed by atoms with Crippen LogP contribution >= 0.6 is 0 Å². The Kier molecular flexibility index (Phi) is 5.78. The first-order valence-corrected chi connectivity index (χ1v) is 8.39. The topological polar surface area (TPSA) is 91.8 Å². The molecule has 1 rings (SSSR count). The van der Waals surface area contributed by atoms with Gasteiger partial charge in [0.15, 0.2) is 9.84 Å². The molecule has 0 aromatic carbocycles. The Bertz CT molecular complexity index is 431. The Morgan fingerprint density at radius 3 is 2.37 bits per heavy atom. The average Bonchev–Trinajstić information content (AvgIpc) is 2.66. The third-order valence-corrected chi connectivity index (χ3v) is 5.09. The van der Waals surface area contributed by atoms with Crippen LogP contribution in [0.3, 0.4) is 0 Å². The summed E-state index contributed by atoms with van der Waals surface area (Å²) in [5.74, 6) is -0.723. The van der Waals surface area contributed by atoms with E-state index in [2.05, 4.69) is 0 Å². The standard InChI is InChI=1S/C12H21NO5S/c1-2-13(10-7-8-19(17,18)9-10)11(14)5-3-4-6-12(15)16/h10H,2-9H2,1H3,(H,15,16). The van der Waals surface area contributed by atoms with Crippen LogP contribution in [0, 0.1) is 0 Å². The number of aliphatic carboxylic acids is 1. The molecule has 1 amide bonds. The molecule has 6 nitrogen and oxygen atoms in total. The summed E-state index contributed by atoms with van der Waals surface area (Å²) in [5, 5.41) is 8.50. The minimum atomic E-state index is -2.99. The van der Waals surface area contributed by atoms with Crippen LogP contribution in [0.5, 0.6) is 0 Å². The van der Waals surface area contributed by atoms with Crippen molar-refractivity contribution in [2.75, 3.05) is 18.1 Å². The zero-order valence-corrected chi connectivity index (χ0v) is 12.0. The SMILES string of the molecule is CCN(C(=O)CCCCC(=O)O)C1CCS(=O)(=O)C1. The van der Waals surface area contributed by atoms with Gasteiger partial charge in [0.1, 0.15) is 0 Å². The molecular formula is C12H21NO5S. The van der Waals surface area contributed by atoms with E-state index in [1.54, 1.807) is 4.90 Å². The fourth-order valence-electron chi connectivity index (χ4n) is 2.36. The predicted octanol–water partition coefficient (Wildman–Crippen LogP) is 0.667. The molecule has 0 bridgehead atoms. The third kappa shape index (κ3) is 5.18. The summed E-state index contributed by atoms with van der Waals surface area (Å²) in [4.78, 5) is 24.0. The second kappa shape index (κ2) is 6.88. The van der Waals surface area contributed by atoms with Gasteiger partial charge < -0.3 is 10.0 Å². The molecule has 1 N–H and O–H groups in total. The predicted molar refractivity (Wildman–Crippen MR) is 70.5 cm³/mol. The van der Waals surface area contributed by atoms with Gasteiger partial charge in [-0.05, 0) is 26.2 Å². The number of hydrogen-bond acceptors (Lipinski definition) is 4. The van der Waals surface area contributed by atoms with E-state index in [0.29, 0.717) is 25.8 Å². The zero-order chi connectivity index (χ0) is 14.5. The maximum atomic E-state index is 12.0. The van der Waals surface area contributed by atoms with Crippen LogP contribution in [-0.2, 0) is 19.4 Å². The largest absolute Gasteiger partial charge is 0.481 e. The summed E-state index contributed by atoms with van der Waals surface area (Å²) in [6.07, 6.45) is 1.87. The first-order valence-electron chi connectivity index (χ1n) is 6.57. The summed E-state index contributed by atoms with van der Waals surface area (Å²) in [7, 11) is -2.99. The molecule has 1 saturated heterocycles. The van der Waals surface area contributed by atoms with E-state index in [9.17, 15) is 18.0 Å². The molecule has 1 aliphatic rings. The maximum absolute atomic E-state index is 12.0. The fourth-order valence-corrected chi connectivity index (χ4v) is 4.09. The Morgan fingerprint density at radius 2 is 1.89 bits per heavy atom. The lowest BCUT2D eigenvalue weighted by Crippen LogP contribution is -2.40. The lowest BCUT2D eigenvalue weighted by atomic mass is 10.1. The van der Waals surface area contributed by atoms with Crippen LogP contribution in [0.4, 0.5) is 0 Å². The molecular weight excluding hydrogens is 270 g/mol. The average molecular weight is 291 g/mol. The van der Waals surface area contributed by atoms with Crippen molar-refractivity contribution in [2.45, 2.75) is 45.1 Å². The van der Waals surface area contributed by atoms with Gasteiger partial charge in [0, 0.05) is 25.4 Å². The van der Waals surface area contributed by atoms with E-state index in [1.807, 2.05) is 6.92 Å². The molecule has 1 atom stereocenters. The van der Waals surface area contributed by atoms with Crippen molar-refractivity contribution >= 4 is 21.7 Å². The van der Waals surface area contributed by atoms with Gasteiger partial charge in [-0.2, -0.15) is 0 Å². The van der Waals surface area contributed by atoms with E-state index in [1.165, 1.54) is 0 Å². The maximum Gasteiger partial charge on any atom is 0.303 e. The van der Waals surface area contributed by atoms with Gasteiger partial charge in [-0.25, -0.2) is 8.42 Å². The summed E-state index contributed by atoms with van der Waals surface area (Å²) in [6, 6.07) is -0.207. The molecule has 0 spiro atoms. The minimum absolute atomic E-state index is 0.0572. The van der Waals surface area contributed by atoms with E-state index in [0.717, 1.165) is 0 Å². The van der Waals surface area contributed by atoms with Crippen molar-refractivity contribution in [3.8, 4) is 0 Å². The molecule has 1 unspecified atom stereocenters. The Morgan fingerprint density at radius 1 is 1.26 bits per heavy atom. The molecule has 0 aliphatic carbocycles. The number of sulfone groups is 1. The first kappa shape index (κ1) is 15.9. The van der Waals surface area contributed by atoms with Crippen molar-refractivity contribution in [3.63, 3.8) is 0 Å². The molecule has 7 heteroatoms. The van der Waals surface area contributed by atoms with Gasteiger partial charge in [-0.15, -0.1) is 0 Å². The highest BCUT2D eigenvalue weighted by Crippen LogP contribution is 2.19. The van der Waals surface area contributed by atoms with Crippen molar-refractivity contribution in [1.29, 1.82) is 0 Å². The lowest BCUT2D eigenvalue weighted by molar-refractivity contribution is -0.138. The molecule has 1 fully saturated rings. The first-order chi connectivity index (χ1) is 8.85. The van der Waals surface area contributed by atoms with Crippen LogP contribution in [0.2, 0.25) is 0 Å². The van der Waals surface area contributed by atoms with Crippen LogP contribution in [0.25, 0.3) is 0 Å². The van der Waals surface area contributed by atoms with Gasteiger partial charge in [0.25, 0.3) is 0 Å². The smallest absolute Gasteiger partial charge is 0.303 e. The number of carbonyl (C=O) groups is 2. The summed E-state index contributed by atoms with van der Waals surface area (Å²) < 4.78 is 22.8. The summed E-state index contributed by atoms with van der Waals surface area (Å²) in [6.45, 7) is 2.33. The van der Waals surface area contributed by atoms with Crippen molar-refractivity contribution in [2.24, 2.45) is 0 Å². The van der Waals surface area contributed by atoms with E-state index in [-0.39, 0.29) is 36.3 Å². The molecule has 1 aliphatic heterocycles. The van der Waals surface area contributed by atoms with E-state index >= 15 is 0 Å². The molecule has 1 heterocycles. The number of carboxylic acids is 1. The molecule has 110 valence electrons. The monoisotopic (exact) mass is 291 g/mol. The summed E-state index contributed by atoms with van der Waals surface area (Å²) >= 11 is 0. The lowest BCUT2D eigenvalue weighted by Gasteiger charge is -2.26. The quantitative estimate of drug-likeness (QED) is 0.696. The van der Waals surface area contributed by atoms with Crippen molar-refractivity contribution < 1.29 is 23.1 Å².